The first kappa shape index (κ1) is 50.8. The van der Waals surface area contributed by atoms with Crippen molar-refractivity contribution in [1.29, 1.82) is 0 Å². The Balaban J connectivity index is -0.000000807. The minimum absolute atomic E-state index is 0. The molecule has 2 atom stereocenters. The number of hydrogen-bond acceptors (Lipinski definition) is 8. The third-order valence-corrected chi connectivity index (χ3v) is 8.90. The zero-order chi connectivity index (χ0) is 35.1. The summed E-state index contributed by atoms with van der Waals surface area (Å²) >= 11 is 0. The number of carboxylic acid groups (broad SMARTS) is 2. The number of Topliss-reactive ketones (excluding diaryl/α,β-unsaturated/α-hetero) is 2. The number of ketones is 2. The minimum Gasteiger partial charge on any atom is -0.547 e. The Morgan fingerprint density at radius 2 is 0.574 bits per heavy atom. The molecule has 0 aromatic rings. The van der Waals surface area contributed by atoms with E-state index in [1.54, 1.807) is 0 Å². The van der Waals surface area contributed by atoms with Crippen molar-refractivity contribution in [1.82, 2.24) is 0 Å². The van der Waals surface area contributed by atoms with Gasteiger partial charge in [-0.2, -0.15) is 0 Å². The summed E-state index contributed by atoms with van der Waals surface area (Å²) in [6.45, 7) is 6.46. The summed E-state index contributed by atoms with van der Waals surface area (Å²) < 4.78 is 0. The van der Waals surface area contributed by atoms with E-state index in [1.807, 2.05) is 0 Å². The molecule has 47 heavy (non-hydrogen) atoms. The van der Waals surface area contributed by atoms with E-state index in [-0.39, 0.29) is 50.6 Å². The van der Waals surface area contributed by atoms with Gasteiger partial charge in [-0.05, 0) is 26.7 Å². The molecule has 0 heterocycles. The Kier molecular flexibility index (Phi) is 36.7. The summed E-state index contributed by atoms with van der Waals surface area (Å²) in [6.07, 6.45) is 31.7. The van der Waals surface area contributed by atoms with Crippen molar-refractivity contribution in [2.45, 2.75) is 219 Å². The fraction of sp³-hybridized carbons (Fsp3) is 0.895. The maximum Gasteiger partial charge on any atom is 2.00 e. The average Bonchev–Trinajstić information content (AvgIpc) is 3.01. The van der Waals surface area contributed by atoms with Crippen LogP contribution >= 0.6 is 0 Å². The summed E-state index contributed by atoms with van der Waals surface area (Å²) in [5.41, 5.74) is -4.67. The molecule has 0 amide bonds. The van der Waals surface area contributed by atoms with Gasteiger partial charge in [0.1, 0.15) is 0 Å². The second-order valence-corrected chi connectivity index (χ2v) is 13.6. The molecule has 0 aliphatic carbocycles. The fourth-order valence-electron chi connectivity index (χ4n) is 5.32. The van der Waals surface area contributed by atoms with Crippen LogP contribution in [0.2, 0.25) is 0 Å². The third kappa shape index (κ3) is 30.0. The number of rotatable bonds is 32. The summed E-state index contributed by atoms with van der Waals surface area (Å²) in [4.78, 5) is 44.3. The van der Waals surface area contributed by atoms with Gasteiger partial charge in [0.2, 0.25) is 0 Å². The van der Waals surface area contributed by atoms with Crippen molar-refractivity contribution in [3.63, 3.8) is 0 Å². The third-order valence-electron chi connectivity index (χ3n) is 8.90. The number of aliphatic carboxylic acids is 2. The van der Waals surface area contributed by atoms with Crippen LogP contribution in [0.4, 0.5) is 0 Å². The first-order valence-electron chi connectivity index (χ1n) is 18.8. The topological polar surface area (TPSA) is 155 Å². The molecule has 8 nitrogen and oxygen atoms in total. The maximum atomic E-state index is 11.5. The summed E-state index contributed by atoms with van der Waals surface area (Å²) in [6, 6.07) is 0. The molecule has 0 radical (unpaired) electrons. The second kappa shape index (κ2) is 33.9. The summed E-state index contributed by atoms with van der Waals surface area (Å²) in [5, 5.41) is 40.1. The van der Waals surface area contributed by atoms with E-state index in [4.69, 9.17) is 0 Å². The van der Waals surface area contributed by atoms with E-state index in [1.165, 1.54) is 128 Å². The first-order chi connectivity index (χ1) is 21.8. The van der Waals surface area contributed by atoms with Gasteiger partial charge in [0.15, 0.2) is 22.8 Å². The van der Waals surface area contributed by atoms with E-state index in [2.05, 4.69) is 13.8 Å². The molecule has 0 rings (SSSR count). The molecule has 2 unspecified atom stereocenters. The largest absolute Gasteiger partial charge is 2.00 e. The molecule has 0 aromatic heterocycles. The molecule has 0 bridgehead atoms. The van der Waals surface area contributed by atoms with E-state index in [0.717, 1.165) is 39.5 Å². The molecular formula is C38H70CaO8. The van der Waals surface area contributed by atoms with Gasteiger partial charge in [0.05, 0.1) is 11.9 Å². The van der Waals surface area contributed by atoms with Gasteiger partial charge < -0.3 is 30.0 Å². The van der Waals surface area contributed by atoms with Crippen LogP contribution in [0.5, 0.6) is 0 Å². The number of carboxylic acids is 2. The van der Waals surface area contributed by atoms with Crippen LogP contribution in [-0.2, 0) is 19.2 Å². The quantitative estimate of drug-likeness (QED) is 0.0448. The zero-order valence-corrected chi connectivity index (χ0v) is 33.1. The fourth-order valence-corrected chi connectivity index (χ4v) is 5.32. The molecule has 2 N–H and O–H groups in total. The van der Waals surface area contributed by atoms with E-state index < -0.39 is 34.7 Å². The second-order valence-electron chi connectivity index (χ2n) is 13.6. The Morgan fingerprint density at radius 1 is 0.404 bits per heavy atom. The molecule has 0 aliphatic rings. The van der Waals surface area contributed by atoms with Crippen LogP contribution in [0.3, 0.4) is 0 Å². The predicted molar refractivity (Wildman–Crippen MR) is 188 cm³/mol. The van der Waals surface area contributed by atoms with Gasteiger partial charge in [-0.15, -0.1) is 0 Å². The number of carbonyl (C=O) groups excluding carboxylic acids is 4. The smallest absolute Gasteiger partial charge is 0.547 e. The standard InChI is InChI=1S/2C19H36O4.Ca/c2*1-3-4-5-6-7-8-9-10-11-12-13-14-15-16-17(20)19(2,23)18(21)22;/h2*23H,3-16H2,1-2H3,(H,21,22);/q;;+2/p-2. The van der Waals surface area contributed by atoms with Crippen molar-refractivity contribution < 1.29 is 39.6 Å². The van der Waals surface area contributed by atoms with Gasteiger partial charge >= 0.3 is 37.7 Å². The number of aliphatic hydroxyl groups is 2. The SMILES string of the molecule is CCCCCCCCCCCCCCCC(=O)C(C)(O)C(=O)[O-].CCCCCCCCCCCCCCCC(=O)C(C)(O)C(=O)[O-].[Ca+2]. The van der Waals surface area contributed by atoms with E-state index in [0.29, 0.717) is 12.8 Å². The van der Waals surface area contributed by atoms with Gasteiger partial charge in [-0.1, -0.05) is 168 Å². The van der Waals surface area contributed by atoms with E-state index in [9.17, 15) is 39.6 Å². The Morgan fingerprint density at radius 3 is 0.745 bits per heavy atom. The monoisotopic (exact) mass is 694 g/mol. The molecule has 0 fully saturated rings. The van der Waals surface area contributed by atoms with Gasteiger partial charge in [-0.25, -0.2) is 0 Å². The maximum absolute atomic E-state index is 11.5. The molecule has 272 valence electrons. The Hall–Kier alpha value is -0.540. The minimum atomic E-state index is -2.34. The molecule has 0 saturated carbocycles. The van der Waals surface area contributed by atoms with Crippen molar-refractivity contribution >= 4 is 61.2 Å². The molecular weight excluding hydrogens is 624 g/mol. The Labute approximate surface area is 317 Å². The molecule has 0 aromatic carbocycles. The van der Waals surface area contributed by atoms with Crippen LogP contribution < -0.4 is 10.2 Å². The van der Waals surface area contributed by atoms with E-state index >= 15 is 0 Å². The van der Waals surface area contributed by atoms with Crippen LogP contribution in [0.1, 0.15) is 207 Å². The number of unbranched alkanes of at least 4 members (excludes halogenated alkanes) is 24. The number of hydrogen-bond donors (Lipinski definition) is 2. The molecule has 0 saturated heterocycles. The zero-order valence-electron chi connectivity index (χ0n) is 30.9. The molecule has 9 heteroatoms. The van der Waals surface area contributed by atoms with Crippen LogP contribution in [0.25, 0.3) is 0 Å². The van der Waals surface area contributed by atoms with Crippen molar-refractivity contribution in [2.75, 3.05) is 0 Å². The summed E-state index contributed by atoms with van der Waals surface area (Å²) in [7, 11) is 0. The average molecular weight is 695 g/mol. The van der Waals surface area contributed by atoms with Crippen LogP contribution in [-0.4, -0.2) is 82.7 Å². The Bertz CT molecular complexity index is 718. The van der Waals surface area contributed by atoms with Crippen LogP contribution in [0, 0.1) is 0 Å². The molecule has 0 aliphatic heterocycles. The normalized spacial score (nSPS) is 13.4. The van der Waals surface area contributed by atoms with Crippen molar-refractivity contribution in [3.05, 3.63) is 0 Å². The predicted octanol–water partition coefficient (Wildman–Crippen LogP) is 6.69. The molecule has 0 spiro atoms. The first-order valence-corrected chi connectivity index (χ1v) is 18.8. The van der Waals surface area contributed by atoms with Gasteiger partial charge in [0, 0.05) is 12.8 Å². The van der Waals surface area contributed by atoms with Crippen molar-refractivity contribution in [3.8, 4) is 0 Å². The van der Waals surface area contributed by atoms with Gasteiger partial charge in [-0.3, -0.25) is 9.59 Å². The summed E-state index contributed by atoms with van der Waals surface area (Å²) in [5.74, 6) is -4.73. The number of carbonyl (C=O) groups is 4. The van der Waals surface area contributed by atoms with Gasteiger partial charge in [0.25, 0.3) is 0 Å². The van der Waals surface area contributed by atoms with Crippen LogP contribution in [0.15, 0.2) is 0 Å². The van der Waals surface area contributed by atoms with Crippen molar-refractivity contribution in [2.24, 2.45) is 0 Å².